The van der Waals surface area contributed by atoms with E-state index in [9.17, 15) is 19.5 Å². The van der Waals surface area contributed by atoms with E-state index >= 15 is 0 Å². The van der Waals surface area contributed by atoms with Gasteiger partial charge in [0.05, 0.1) is 12.3 Å². The predicted molar refractivity (Wildman–Crippen MR) is 152 cm³/mol. The lowest BCUT2D eigenvalue weighted by Gasteiger charge is -2.41. The summed E-state index contributed by atoms with van der Waals surface area (Å²) in [6.07, 6.45) is 10.1. The molecule has 0 heterocycles. The van der Waals surface area contributed by atoms with Crippen LogP contribution in [0.1, 0.15) is 88.0 Å². The molecule has 0 rings (SSSR count). The first-order valence-electron chi connectivity index (χ1n) is 13.2. The SMILES string of the molecule is C=C(C)C(=O)OCCOC(=O)CC(C(=O)O)C(C=CCC(C)(C)C(C)(C)CC=CCC(C)(C)N)C(C)(C)N. The lowest BCUT2D eigenvalue weighted by atomic mass is 9.64. The van der Waals surface area contributed by atoms with Gasteiger partial charge in [-0.3, -0.25) is 9.59 Å². The van der Waals surface area contributed by atoms with Crippen LogP contribution in [0.4, 0.5) is 0 Å². The number of aliphatic carboxylic acids is 1. The van der Waals surface area contributed by atoms with Crippen molar-refractivity contribution in [2.45, 2.75) is 99.1 Å². The fraction of sp³-hybridized carbons (Fsp3) is 0.700. The number of carboxylic acids is 1. The van der Waals surface area contributed by atoms with E-state index in [1.165, 1.54) is 6.92 Å². The third-order valence-electron chi connectivity index (χ3n) is 7.17. The average molecular weight is 537 g/mol. The number of ether oxygens (including phenoxy) is 2. The Bertz CT molecular complexity index is 872. The lowest BCUT2D eigenvalue weighted by molar-refractivity contribution is -0.155. The van der Waals surface area contributed by atoms with Crippen LogP contribution in [-0.4, -0.2) is 47.3 Å². The average Bonchev–Trinajstić information content (AvgIpc) is 2.74. The molecule has 0 aromatic heterocycles. The summed E-state index contributed by atoms with van der Waals surface area (Å²) in [5, 5.41) is 9.93. The van der Waals surface area contributed by atoms with Gasteiger partial charge in [0.25, 0.3) is 0 Å². The van der Waals surface area contributed by atoms with Crippen molar-refractivity contribution >= 4 is 17.9 Å². The van der Waals surface area contributed by atoms with E-state index in [0.717, 1.165) is 12.8 Å². The summed E-state index contributed by atoms with van der Waals surface area (Å²) in [5.41, 5.74) is 11.4. The van der Waals surface area contributed by atoms with Crippen LogP contribution in [0.2, 0.25) is 0 Å². The van der Waals surface area contributed by atoms with Crippen LogP contribution in [0, 0.1) is 22.7 Å². The van der Waals surface area contributed by atoms with Gasteiger partial charge >= 0.3 is 17.9 Å². The molecule has 2 atom stereocenters. The van der Waals surface area contributed by atoms with Crippen molar-refractivity contribution in [2.24, 2.45) is 34.1 Å². The minimum absolute atomic E-state index is 0.0378. The second kappa shape index (κ2) is 14.6. The van der Waals surface area contributed by atoms with Gasteiger partial charge in [-0.15, -0.1) is 0 Å². The summed E-state index contributed by atoms with van der Waals surface area (Å²) >= 11 is 0. The third kappa shape index (κ3) is 13.4. The van der Waals surface area contributed by atoms with Crippen molar-refractivity contribution < 1.29 is 29.0 Å². The van der Waals surface area contributed by atoms with Crippen molar-refractivity contribution in [3.8, 4) is 0 Å². The third-order valence-corrected chi connectivity index (χ3v) is 7.17. The monoisotopic (exact) mass is 536 g/mol. The summed E-state index contributed by atoms with van der Waals surface area (Å²) in [6.45, 7) is 21.0. The molecule has 0 saturated heterocycles. The van der Waals surface area contributed by atoms with Crippen molar-refractivity contribution in [1.82, 2.24) is 0 Å². The second-order valence-corrected chi connectivity index (χ2v) is 12.9. The van der Waals surface area contributed by atoms with E-state index in [4.69, 9.17) is 20.9 Å². The predicted octanol–water partition coefficient (Wildman–Crippen LogP) is 5.17. The highest BCUT2D eigenvalue weighted by atomic mass is 16.6. The Morgan fingerprint density at radius 1 is 0.842 bits per heavy atom. The number of carbonyl (C=O) groups is 3. The molecule has 0 bridgehead atoms. The first-order chi connectivity index (χ1) is 17.1. The number of nitrogens with two attached hydrogens (primary N) is 2. The maximum absolute atomic E-state index is 12.4. The first kappa shape index (κ1) is 35.5. The quantitative estimate of drug-likeness (QED) is 0.100. The number of carbonyl (C=O) groups excluding carboxylic acids is 2. The number of allylic oxidation sites excluding steroid dienone is 2. The van der Waals surface area contributed by atoms with Crippen LogP contribution < -0.4 is 11.5 Å². The van der Waals surface area contributed by atoms with Crippen molar-refractivity contribution in [1.29, 1.82) is 0 Å². The summed E-state index contributed by atoms with van der Waals surface area (Å²) in [6, 6.07) is 0. The van der Waals surface area contributed by atoms with Gasteiger partial charge in [-0.25, -0.2) is 4.79 Å². The van der Waals surface area contributed by atoms with Crippen LogP contribution in [0.3, 0.4) is 0 Å². The molecule has 0 fully saturated rings. The highest BCUT2D eigenvalue weighted by molar-refractivity contribution is 5.86. The van der Waals surface area contributed by atoms with Gasteiger partial charge in [-0.1, -0.05) is 58.6 Å². The zero-order valence-electron chi connectivity index (χ0n) is 25.1. The molecule has 8 nitrogen and oxygen atoms in total. The molecule has 218 valence electrons. The van der Waals surface area contributed by atoms with Crippen LogP contribution in [0.5, 0.6) is 0 Å². The zero-order valence-corrected chi connectivity index (χ0v) is 25.1. The van der Waals surface area contributed by atoms with E-state index in [-0.39, 0.29) is 41.6 Å². The van der Waals surface area contributed by atoms with Crippen molar-refractivity contribution in [3.63, 3.8) is 0 Å². The molecule has 8 heteroatoms. The second-order valence-electron chi connectivity index (χ2n) is 12.9. The molecule has 2 unspecified atom stereocenters. The summed E-state index contributed by atoms with van der Waals surface area (Å²) in [7, 11) is 0. The van der Waals surface area contributed by atoms with E-state index in [1.807, 2.05) is 26.0 Å². The normalized spacial score (nSPS) is 14.9. The molecule has 0 spiro atoms. The Kier molecular flexibility index (Phi) is 13.7. The minimum Gasteiger partial charge on any atom is -0.481 e. The minimum atomic E-state index is -1.13. The molecule has 0 aliphatic rings. The largest absolute Gasteiger partial charge is 0.481 e. The van der Waals surface area contributed by atoms with Gasteiger partial charge in [-0.05, 0) is 64.7 Å². The van der Waals surface area contributed by atoms with Crippen LogP contribution in [-0.2, 0) is 23.9 Å². The van der Waals surface area contributed by atoms with E-state index in [2.05, 4.69) is 46.4 Å². The van der Waals surface area contributed by atoms with E-state index in [1.54, 1.807) is 13.8 Å². The topological polar surface area (TPSA) is 142 Å². The van der Waals surface area contributed by atoms with Crippen LogP contribution >= 0.6 is 0 Å². The fourth-order valence-corrected chi connectivity index (χ4v) is 3.75. The molecular formula is C30H52N2O6. The Morgan fingerprint density at radius 2 is 1.32 bits per heavy atom. The lowest BCUT2D eigenvalue weighted by Crippen LogP contribution is -2.46. The first-order valence-corrected chi connectivity index (χ1v) is 13.2. The fourth-order valence-electron chi connectivity index (χ4n) is 3.75. The molecule has 0 amide bonds. The van der Waals surface area contributed by atoms with Crippen LogP contribution in [0.15, 0.2) is 36.5 Å². The van der Waals surface area contributed by atoms with Gasteiger partial charge in [0.15, 0.2) is 0 Å². The standard InChI is InChI=1S/C30H52N2O6/c1-21(2)26(36)38-19-18-37-24(33)20-22(25(34)35)23(30(9,10)32)14-13-16-28(5,6)27(3,4)15-11-12-17-29(7,8)31/h11-14,22-23H,1,15-20,31-32H2,2-10H3,(H,34,35). The molecule has 38 heavy (non-hydrogen) atoms. The molecule has 0 radical (unpaired) electrons. The molecule has 0 aliphatic carbocycles. The maximum atomic E-state index is 12.4. The molecule has 0 saturated carbocycles. The summed E-state index contributed by atoms with van der Waals surface area (Å²) in [4.78, 5) is 36.0. The number of carboxylic acid groups (broad SMARTS) is 1. The Balaban J connectivity index is 5.38. The molecule has 5 N–H and O–H groups in total. The number of rotatable bonds is 17. The summed E-state index contributed by atoms with van der Waals surface area (Å²) < 4.78 is 9.99. The Hall–Kier alpha value is -2.45. The van der Waals surface area contributed by atoms with E-state index < -0.39 is 35.3 Å². The smallest absolute Gasteiger partial charge is 0.333 e. The number of esters is 2. The maximum Gasteiger partial charge on any atom is 0.333 e. The molecule has 0 aromatic rings. The van der Waals surface area contributed by atoms with E-state index in [0.29, 0.717) is 6.42 Å². The van der Waals surface area contributed by atoms with Gasteiger partial charge in [0.2, 0.25) is 0 Å². The molecular weight excluding hydrogens is 484 g/mol. The molecule has 0 aliphatic heterocycles. The van der Waals surface area contributed by atoms with Crippen molar-refractivity contribution in [2.75, 3.05) is 13.2 Å². The number of hydrogen-bond donors (Lipinski definition) is 3. The number of hydrogen-bond acceptors (Lipinski definition) is 7. The Labute approximate surface area is 229 Å². The van der Waals surface area contributed by atoms with Gasteiger partial charge in [-0.2, -0.15) is 0 Å². The zero-order chi connectivity index (χ0) is 29.9. The van der Waals surface area contributed by atoms with Gasteiger partial charge in [0, 0.05) is 22.6 Å². The van der Waals surface area contributed by atoms with Gasteiger partial charge < -0.3 is 26.0 Å². The highest BCUT2D eigenvalue weighted by Crippen LogP contribution is 2.45. The highest BCUT2D eigenvalue weighted by Gasteiger charge is 2.38. The van der Waals surface area contributed by atoms with Crippen molar-refractivity contribution in [3.05, 3.63) is 36.5 Å². The van der Waals surface area contributed by atoms with Gasteiger partial charge in [0.1, 0.15) is 13.2 Å². The summed E-state index contributed by atoms with van der Waals surface area (Å²) in [5.74, 6) is -4.09. The Morgan fingerprint density at radius 3 is 1.76 bits per heavy atom. The molecule has 0 aromatic carbocycles. The van der Waals surface area contributed by atoms with Crippen LogP contribution in [0.25, 0.3) is 0 Å².